The highest BCUT2D eigenvalue weighted by molar-refractivity contribution is 5.38. The number of fused-ring (bicyclic) bond motifs is 1. The lowest BCUT2D eigenvalue weighted by Crippen LogP contribution is -2.36. The van der Waals surface area contributed by atoms with Crippen molar-refractivity contribution in [3.8, 4) is 0 Å². The van der Waals surface area contributed by atoms with Crippen molar-refractivity contribution in [3.63, 3.8) is 0 Å². The summed E-state index contributed by atoms with van der Waals surface area (Å²) < 4.78 is 0. The van der Waals surface area contributed by atoms with Gasteiger partial charge in [-0.05, 0) is 85.7 Å². The minimum atomic E-state index is -0.755. The van der Waals surface area contributed by atoms with E-state index in [-0.39, 0.29) is 5.92 Å². The molecule has 31 heavy (non-hydrogen) atoms. The van der Waals surface area contributed by atoms with Crippen molar-refractivity contribution < 1.29 is 15.3 Å². The molecule has 3 nitrogen and oxygen atoms in total. The topological polar surface area (TPSA) is 60.7 Å². The zero-order valence-corrected chi connectivity index (χ0v) is 20.3. The number of allylic oxidation sites excluding steroid dienone is 4. The van der Waals surface area contributed by atoms with E-state index in [9.17, 15) is 15.3 Å². The third-order valence-electron chi connectivity index (χ3n) is 8.84. The lowest BCUT2D eigenvalue weighted by Gasteiger charge is -2.44. The summed E-state index contributed by atoms with van der Waals surface area (Å²) in [7, 11) is 0. The standard InChI is InChI=1S/C28H44O3/c1-18(2)28(6,31)15-13-19(3)24-11-12-25-21(8-7-14-27(24,25)5)9-10-22-16-23(29)17-26(30)20(22)4/h9-10,13,15,18-19,23-26,29-31H,4,7-8,11-12,14,16-17H2,1-3,5-6H3/t19?,23?,24?,25?,26-,27?,28+/m0/s1. The summed E-state index contributed by atoms with van der Waals surface area (Å²) in [6.45, 7) is 14.9. The molecule has 3 aliphatic rings. The van der Waals surface area contributed by atoms with Crippen molar-refractivity contribution in [3.05, 3.63) is 47.6 Å². The number of hydrogen-bond donors (Lipinski definition) is 3. The Morgan fingerprint density at radius 2 is 1.87 bits per heavy atom. The molecule has 174 valence electrons. The van der Waals surface area contributed by atoms with Crippen LogP contribution in [-0.4, -0.2) is 33.1 Å². The number of rotatable bonds is 5. The predicted octanol–water partition coefficient (Wildman–Crippen LogP) is 5.73. The Bertz CT molecular complexity index is 756. The van der Waals surface area contributed by atoms with Gasteiger partial charge in [0, 0.05) is 6.42 Å². The first-order chi connectivity index (χ1) is 14.5. The first kappa shape index (κ1) is 24.5. The Morgan fingerprint density at radius 1 is 1.16 bits per heavy atom. The molecule has 3 aliphatic carbocycles. The average Bonchev–Trinajstić information content (AvgIpc) is 3.05. The molecule has 3 rings (SSSR count). The number of aliphatic hydroxyl groups is 3. The molecular weight excluding hydrogens is 384 g/mol. The molecule has 0 bridgehead atoms. The number of aliphatic hydroxyl groups excluding tert-OH is 2. The third-order valence-corrected chi connectivity index (χ3v) is 8.84. The van der Waals surface area contributed by atoms with E-state index in [1.165, 1.54) is 31.3 Å². The summed E-state index contributed by atoms with van der Waals surface area (Å²) in [6.07, 6.45) is 14.6. The van der Waals surface area contributed by atoms with Crippen LogP contribution >= 0.6 is 0 Å². The maximum absolute atomic E-state index is 10.6. The minimum Gasteiger partial charge on any atom is -0.393 e. The zero-order valence-electron chi connectivity index (χ0n) is 20.3. The zero-order chi connectivity index (χ0) is 23.0. The molecule has 3 heteroatoms. The van der Waals surface area contributed by atoms with Gasteiger partial charge >= 0.3 is 0 Å². The third kappa shape index (κ3) is 5.10. The molecule has 0 spiro atoms. The van der Waals surface area contributed by atoms with E-state index in [4.69, 9.17) is 0 Å². The highest BCUT2D eigenvalue weighted by Gasteiger charge is 2.50. The van der Waals surface area contributed by atoms with Gasteiger partial charge in [-0.3, -0.25) is 0 Å². The van der Waals surface area contributed by atoms with Gasteiger partial charge in [0.15, 0.2) is 0 Å². The Hall–Kier alpha value is -1.16. The van der Waals surface area contributed by atoms with Crippen LogP contribution in [0, 0.1) is 29.1 Å². The average molecular weight is 429 g/mol. The molecule has 7 atom stereocenters. The summed E-state index contributed by atoms with van der Waals surface area (Å²) in [4.78, 5) is 0. The van der Waals surface area contributed by atoms with Crippen molar-refractivity contribution in [1.29, 1.82) is 0 Å². The minimum absolute atomic E-state index is 0.201. The molecule has 3 saturated carbocycles. The summed E-state index contributed by atoms with van der Waals surface area (Å²) in [5.41, 5.74) is 2.82. The van der Waals surface area contributed by atoms with Crippen LogP contribution in [0.3, 0.4) is 0 Å². The van der Waals surface area contributed by atoms with Crippen LogP contribution in [-0.2, 0) is 0 Å². The molecule has 0 aromatic rings. The van der Waals surface area contributed by atoms with Crippen LogP contribution in [0.15, 0.2) is 47.6 Å². The molecule has 0 amide bonds. The Balaban J connectivity index is 1.78. The van der Waals surface area contributed by atoms with Crippen LogP contribution in [0.2, 0.25) is 0 Å². The first-order valence-corrected chi connectivity index (χ1v) is 12.3. The van der Waals surface area contributed by atoms with E-state index < -0.39 is 17.8 Å². The largest absolute Gasteiger partial charge is 0.393 e. The van der Waals surface area contributed by atoms with Crippen LogP contribution in [0.1, 0.15) is 79.6 Å². The predicted molar refractivity (Wildman–Crippen MR) is 128 cm³/mol. The van der Waals surface area contributed by atoms with Crippen molar-refractivity contribution in [2.45, 2.75) is 97.4 Å². The summed E-state index contributed by atoms with van der Waals surface area (Å²) in [6, 6.07) is 0. The Morgan fingerprint density at radius 3 is 2.55 bits per heavy atom. The van der Waals surface area contributed by atoms with Crippen LogP contribution in [0.5, 0.6) is 0 Å². The second kappa shape index (κ2) is 9.37. The van der Waals surface area contributed by atoms with Gasteiger partial charge in [-0.15, -0.1) is 0 Å². The van der Waals surface area contributed by atoms with E-state index in [1.54, 1.807) is 0 Å². The van der Waals surface area contributed by atoms with Gasteiger partial charge in [-0.1, -0.05) is 64.2 Å². The molecule has 3 N–H and O–H groups in total. The maximum atomic E-state index is 10.6. The van der Waals surface area contributed by atoms with Gasteiger partial charge < -0.3 is 15.3 Å². The Kier molecular flexibility index (Phi) is 7.40. The maximum Gasteiger partial charge on any atom is 0.0822 e. The highest BCUT2D eigenvalue weighted by Crippen LogP contribution is 2.59. The molecule has 0 saturated heterocycles. The second-order valence-corrected chi connectivity index (χ2v) is 11.3. The molecule has 0 heterocycles. The summed E-state index contributed by atoms with van der Waals surface area (Å²) in [5.74, 6) is 1.87. The second-order valence-electron chi connectivity index (χ2n) is 11.3. The fourth-order valence-corrected chi connectivity index (χ4v) is 6.28. The highest BCUT2D eigenvalue weighted by atomic mass is 16.3. The summed E-state index contributed by atoms with van der Waals surface area (Å²) >= 11 is 0. The SMILES string of the molecule is C=C1C(=CC=C2CCCC3(C)C2CCC3C(C)C=C[C@@](C)(O)C(C)C)CC(O)C[C@@H]1O. The van der Waals surface area contributed by atoms with Crippen LogP contribution < -0.4 is 0 Å². The monoisotopic (exact) mass is 428 g/mol. The van der Waals surface area contributed by atoms with E-state index in [0.717, 1.165) is 17.6 Å². The van der Waals surface area contributed by atoms with Crippen molar-refractivity contribution >= 4 is 0 Å². The van der Waals surface area contributed by atoms with E-state index >= 15 is 0 Å². The smallest absolute Gasteiger partial charge is 0.0822 e. The van der Waals surface area contributed by atoms with Gasteiger partial charge in [0.05, 0.1) is 17.8 Å². The van der Waals surface area contributed by atoms with Gasteiger partial charge in [0.25, 0.3) is 0 Å². The van der Waals surface area contributed by atoms with Gasteiger partial charge in [-0.2, -0.15) is 0 Å². The fraction of sp³-hybridized carbons (Fsp3) is 0.714. The van der Waals surface area contributed by atoms with Gasteiger partial charge in [-0.25, -0.2) is 0 Å². The van der Waals surface area contributed by atoms with Crippen LogP contribution in [0.4, 0.5) is 0 Å². The molecule has 0 aliphatic heterocycles. The van der Waals surface area contributed by atoms with Crippen molar-refractivity contribution in [2.24, 2.45) is 29.1 Å². The molecule has 3 fully saturated rings. The molecule has 0 aromatic carbocycles. The van der Waals surface area contributed by atoms with E-state index in [1.807, 2.05) is 13.0 Å². The van der Waals surface area contributed by atoms with Crippen molar-refractivity contribution in [1.82, 2.24) is 0 Å². The molecule has 0 radical (unpaired) electrons. The van der Waals surface area contributed by atoms with E-state index in [2.05, 4.69) is 52.5 Å². The molecule has 5 unspecified atom stereocenters. The number of hydrogen-bond acceptors (Lipinski definition) is 3. The molecule has 0 aromatic heterocycles. The van der Waals surface area contributed by atoms with Crippen molar-refractivity contribution in [2.75, 3.05) is 0 Å². The lowest BCUT2D eigenvalue weighted by atomic mass is 9.61. The Labute approximate surface area is 189 Å². The first-order valence-electron chi connectivity index (χ1n) is 12.3. The van der Waals surface area contributed by atoms with E-state index in [0.29, 0.717) is 36.0 Å². The normalized spacial score (nSPS) is 40.0. The quantitative estimate of drug-likeness (QED) is 0.490. The molecular formula is C28H44O3. The summed E-state index contributed by atoms with van der Waals surface area (Å²) in [5, 5.41) is 30.8. The van der Waals surface area contributed by atoms with Gasteiger partial charge in [0.1, 0.15) is 0 Å². The van der Waals surface area contributed by atoms with Gasteiger partial charge in [0.2, 0.25) is 0 Å². The lowest BCUT2D eigenvalue weighted by molar-refractivity contribution is 0.0607. The van der Waals surface area contributed by atoms with Crippen LogP contribution in [0.25, 0.3) is 0 Å². The fourth-order valence-electron chi connectivity index (χ4n) is 6.28.